The monoisotopic (exact) mass is 288 g/mol. The number of nitrogens with zero attached hydrogens (tertiary/aromatic N) is 3. The molecule has 1 aliphatic rings. The molecule has 1 fully saturated rings. The highest BCUT2D eigenvalue weighted by Crippen LogP contribution is 2.41. The Morgan fingerprint density at radius 1 is 1.38 bits per heavy atom. The fraction of sp³-hybridized carbons (Fsp3) is 0.533. The summed E-state index contributed by atoms with van der Waals surface area (Å²) in [7, 11) is 0. The van der Waals surface area contributed by atoms with Crippen LogP contribution in [0.2, 0.25) is 0 Å². The van der Waals surface area contributed by atoms with Gasteiger partial charge in [0.15, 0.2) is 0 Å². The maximum absolute atomic E-state index is 5.95. The summed E-state index contributed by atoms with van der Waals surface area (Å²) < 4.78 is 11.4. The second kappa shape index (κ2) is 5.91. The van der Waals surface area contributed by atoms with Gasteiger partial charge in [-0.15, -0.1) is 0 Å². The van der Waals surface area contributed by atoms with E-state index in [1.807, 2.05) is 19.1 Å². The lowest BCUT2D eigenvalue weighted by molar-refractivity contribution is -0.0469. The Hall–Kier alpha value is -1.79. The smallest absolute Gasteiger partial charge is 0.258 e. The Bertz CT molecular complexity index is 605. The van der Waals surface area contributed by atoms with Gasteiger partial charge in [-0.25, -0.2) is 0 Å². The Kier molecular flexibility index (Phi) is 3.98. The van der Waals surface area contributed by atoms with Crippen LogP contribution >= 0.6 is 0 Å². The van der Waals surface area contributed by atoms with Crippen LogP contribution in [0.5, 0.6) is 0 Å². The molecule has 2 N–H and O–H groups in total. The minimum absolute atomic E-state index is 0.375. The summed E-state index contributed by atoms with van der Waals surface area (Å²) in [6, 6.07) is 3.72. The zero-order valence-corrected chi connectivity index (χ0v) is 12.2. The maximum atomic E-state index is 5.95. The van der Waals surface area contributed by atoms with Gasteiger partial charge in [0.25, 0.3) is 5.89 Å². The highest BCUT2D eigenvalue weighted by atomic mass is 16.5. The molecule has 2 aromatic rings. The van der Waals surface area contributed by atoms with E-state index in [2.05, 4.69) is 15.1 Å². The van der Waals surface area contributed by atoms with Crippen LogP contribution in [-0.2, 0) is 16.9 Å². The third kappa shape index (κ3) is 2.69. The molecule has 0 atom stereocenters. The minimum atomic E-state index is -0.375. The quantitative estimate of drug-likeness (QED) is 0.909. The highest BCUT2D eigenvalue weighted by molar-refractivity contribution is 5.52. The number of ether oxygens (including phenoxy) is 1. The average Bonchev–Trinajstić information content (AvgIpc) is 3.17. The van der Waals surface area contributed by atoms with E-state index in [4.69, 9.17) is 15.0 Å². The number of aromatic nitrogens is 3. The van der Waals surface area contributed by atoms with Crippen LogP contribution < -0.4 is 5.73 Å². The van der Waals surface area contributed by atoms with E-state index in [1.165, 1.54) is 0 Å². The zero-order chi connectivity index (χ0) is 14.7. The summed E-state index contributed by atoms with van der Waals surface area (Å²) in [6.07, 6.45) is 5.87. The highest BCUT2D eigenvalue weighted by Gasteiger charge is 2.40. The van der Waals surface area contributed by atoms with E-state index in [0.717, 1.165) is 36.9 Å². The lowest BCUT2D eigenvalue weighted by Crippen LogP contribution is -2.27. The van der Waals surface area contributed by atoms with Crippen molar-refractivity contribution in [3.8, 4) is 11.5 Å². The summed E-state index contributed by atoms with van der Waals surface area (Å²) in [5.74, 6) is 1.15. The van der Waals surface area contributed by atoms with Crippen LogP contribution in [0, 0.1) is 0 Å². The lowest BCUT2D eigenvalue weighted by atomic mass is 10.0. The van der Waals surface area contributed by atoms with Crippen LogP contribution in [-0.4, -0.2) is 21.7 Å². The van der Waals surface area contributed by atoms with Crippen molar-refractivity contribution in [3.05, 3.63) is 29.8 Å². The van der Waals surface area contributed by atoms with Crippen molar-refractivity contribution in [2.75, 3.05) is 6.61 Å². The predicted molar refractivity (Wildman–Crippen MR) is 77.2 cm³/mol. The summed E-state index contributed by atoms with van der Waals surface area (Å²) in [5.41, 5.74) is 6.88. The molecular formula is C15H20N4O2. The fourth-order valence-electron chi connectivity index (χ4n) is 2.90. The van der Waals surface area contributed by atoms with Gasteiger partial charge in [-0.3, -0.25) is 4.98 Å². The first-order valence-electron chi connectivity index (χ1n) is 7.41. The van der Waals surface area contributed by atoms with Crippen molar-refractivity contribution in [1.29, 1.82) is 0 Å². The SMILES string of the molecule is CCOC1(c2noc(-c3ccnc(CN)c3)n2)CCCC1. The van der Waals surface area contributed by atoms with Gasteiger partial charge >= 0.3 is 0 Å². The van der Waals surface area contributed by atoms with Crippen molar-refractivity contribution >= 4 is 0 Å². The topological polar surface area (TPSA) is 87.1 Å². The largest absolute Gasteiger partial charge is 0.367 e. The zero-order valence-electron chi connectivity index (χ0n) is 12.2. The molecule has 2 aromatic heterocycles. The Labute approximate surface area is 123 Å². The average molecular weight is 288 g/mol. The van der Waals surface area contributed by atoms with Crippen LogP contribution in [0.15, 0.2) is 22.9 Å². The van der Waals surface area contributed by atoms with E-state index in [-0.39, 0.29) is 5.60 Å². The van der Waals surface area contributed by atoms with Gasteiger partial charge in [-0.2, -0.15) is 4.98 Å². The maximum Gasteiger partial charge on any atom is 0.258 e. The summed E-state index contributed by atoms with van der Waals surface area (Å²) >= 11 is 0. The molecule has 0 spiro atoms. The predicted octanol–water partition coefficient (Wildman–Crippen LogP) is 2.40. The molecule has 6 nitrogen and oxygen atoms in total. The standard InChI is InChI=1S/C15H20N4O2/c1-2-20-15(6-3-4-7-15)14-18-13(21-19-14)11-5-8-17-12(9-11)10-16/h5,8-9H,2-4,6-7,10,16H2,1H3. The Morgan fingerprint density at radius 3 is 2.90 bits per heavy atom. The molecule has 0 aliphatic heterocycles. The van der Waals surface area contributed by atoms with E-state index in [9.17, 15) is 0 Å². The van der Waals surface area contributed by atoms with Crippen molar-refractivity contribution in [1.82, 2.24) is 15.1 Å². The molecule has 0 unspecified atom stereocenters. The van der Waals surface area contributed by atoms with Crippen molar-refractivity contribution < 1.29 is 9.26 Å². The van der Waals surface area contributed by atoms with Crippen LogP contribution in [0.25, 0.3) is 11.5 Å². The molecule has 3 rings (SSSR count). The van der Waals surface area contributed by atoms with Crippen LogP contribution in [0.3, 0.4) is 0 Å². The van der Waals surface area contributed by atoms with Gasteiger partial charge in [0, 0.05) is 24.9 Å². The number of nitrogens with two attached hydrogens (primary N) is 1. The molecule has 1 saturated carbocycles. The molecule has 0 amide bonds. The van der Waals surface area contributed by atoms with Crippen LogP contribution in [0.1, 0.15) is 44.1 Å². The first kappa shape index (κ1) is 14.2. The fourth-order valence-corrected chi connectivity index (χ4v) is 2.90. The van der Waals surface area contributed by atoms with Gasteiger partial charge < -0.3 is 15.0 Å². The van der Waals surface area contributed by atoms with E-state index in [1.54, 1.807) is 6.20 Å². The molecule has 0 radical (unpaired) electrons. The Morgan fingerprint density at radius 2 is 2.19 bits per heavy atom. The number of rotatable bonds is 5. The minimum Gasteiger partial charge on any atom is -0.367 e. The first-order chi connectivity index (χ1) is 10.3. The molecule has 6 heteroatoms. The van der Waals surface area contributed by atoms with Crippen molar-refractivity contribution in [2.24, 2.45) is 5.73 Å². The summed E-state index contributed by atoms with van der Waals surface area (Å²) in [4.78, 5) is 8.73. The molecule has 2 heterocycles. The molecule has 112 valence electrons. The third-order valence-electron chi connectivity index (χ3n) is 3.94. The molecule has 21 heavy (non-hydrogen) atoms. The number of hydrogen-bond donors (Lipinski definition) is 1. The summed E-state index contributed by atoms with van der Waals surface area (Å²) in [5, 5.41) is 4.16. The molecule has 0 bridgehead atoms. The molecule has 0 aromatic carbocycles. The van der Waals surface area contributed by atoms with Gasteiger partial charge in [0.2, 0.25) is 5.82 Å². The van der Waals surface area contributed by atoms with Gasteiger partial charge in [0.05, 0.1) is 5.69 Å². The third-order valence-corrected chi connectivity index (χ3v) is 3.94. The molecule has 1 aliphatic carbocycles. The second-order valence-corrected chi connectivity index (χ2v) is 5.30. The Balaban J connectivity index is 1.91. The van der Waals surface area contributed by atoms with Gasteiger partial charge in [-0.1, -0.05) is 5.16 Å². The van der Waals surface area contributed by atoms with E-state index < -0.39 is 0 Å². The van der Waals surface area contributed by atoms with E-state index >= 15 is 0 Å². The molecule has 0 saturated heterocycles. The lowest BCUT2D eigenvalue weighted by Gasteiger charge is -2.24. The summed E-state index contributed by atoms with van der Waals surface area (Å²) in [6.45, 7) is 3.03. The van der Waals surface area contributed by atoms with Gasteiger partial charge in [0.1, 0.15) is 5.60 Å². The first-order valence-corrected chi connectivity index (χ1v) is 7.41. The van der Waals surface area contributed by atoms with Crippen LogP contribution in [0.4, 0.5) is 0 Å². The van der Waals surface area contributed by atoms with E-state index in [0.29, 0.717) is 24.9 Å². The second-order valence-electron chi connectivity index (χ2n) is 5.30. The number of pyridine rings is 1. The molecular weight excluding hydrogens is 268 g/mol. The normalized spacial score (nSPS) is 17.2. The van der Waals surface area contributed by atoms with Gasteiger partial charge in [-0.05, 0) is 44.7 Å². The number of hydrogen-bond acceptors (Lipinski definition) is 6. The van der Waals surface area contributed by atoms with Crippen molar-refractivity contribution in [2.45, 2.75) is 44.8 Å². The van der Waals surface area contributed by atoms with Crippen molar-refractivity contribution in [3.63, 3.8) is 0 Å².